The van der Waals surface area contributed by atoms with E-state index in [9.17, 15) is 8.76 Å². The van der Waals surface area contributed by atoms with Crippen molar-refractivity contribution >= 4 is 11.3 Å². The van der Waals surface area contributed by atoms with Crippen LogP contribution in [0.4, 0.5) is 0 Å². The molecule has 1 unspecified atom stereocenters. The number of hydrogen-bond donors (Lipinski definition) is 1. The van der Waals surface area contributed by atoms with Gasteiger partial charge in [0.15, 0.2) is 0 Å². The van der Waals surface area contributed by atoms with E-state index in [0.717, 1.165) is 12.8 Å². The molecule has 0 heterocycles. The fraction of sp³-hybridized carbons (Fsp3) is 1.00. The molecule has 0 amide bonds. The Labute approximate surface area is 63.4 Å². The first kappa shape index (κ1) is 10.0. The Hall–Kier alpha value is 0.0300. The molecule has 0 rings (SSSR count). The molecule has 0 aromatic heterocycles. The molecule has 0 aliphatic rings. The quantitative estimate of drug-likeness (QED) is 0.439. The minimum Gasteiger partial charge on any atom is -0.760 e. The highest BCUT2D eigenvalue weighted by atomic mass is 32.2. The van der Waals surface area contributed by atoms with Crippen molar-refractivity contribution in [1.82, 2.24) is 4.72 Å². The van der Waals surface area contributed by atoms with Crippen molar-refractivity contribution in [3.8, 4) is 0 Å². The fourth-order valence-electron chi connectivity index (χ4n) is 0.527. The fourth-order valence-corrected chi connectivity index (χ4v) is 0.838. The highest BCUT2D eigenvalue weighted by Crippen LogP contribution is 1.86. The molecule has 0 saturated carbocycles. The van der Waals surface area contributed by atoms with E-state index in [-0.39, 0.29) is 0 Å². The standard InChI is InChI=1S/C5H13NO3S/c1-9-5-3-2-4-6-10(7)8/h6H,2-5H2,1H3,(H,7,8)/p-1. The van der Waals surface area contributed by atoms with Crippen LogP contribution in [-0.2, 0) is 16.0 Å². The molecule has 4 nitrogen and oxygen atoms in total. The summed E-state index contributed by atoms with van der Waals surface area (Å²) in [4.78, 5) is 0. The van der Waals surface area contributed by atoms with Crippen LogP contribution in [0.25, 0.3) is 0 Å². The summed E-state index contributed by atoms with van der Waals surface area (Å²) in [5.74, 6) is 0. The summed E-state index contributed by atoms with van der Waals surface area (Å²) in [7, 11) is 1.62. The molecule has 0 aliphatic heterocycles. The van der Waals surface area contributed by atoms with Gasteiger partial charge in [-0.2, -0.15) is 0 Å². The molecule has 0 spiro atoms. The normalized spacial score (nSPS) is 13.4. The van der Waals surface area contributed by atoms with Crippen molar-refractivity contribution in [1.29, 1.82) is 0 Å². The van der Waals surface area contributed by atoms with Crippen LogP contribution in [0.1, 0.15) is 12.8 Å². The topological polar surface area (TPSA) is 61.4 Å². The van der Waals surface area contributed by atoms with Crippen molar-refractivity contribution in [2.24, 2.45) is 0 Å². The lowest BCUT2D eigenvalue weighted by atomic mass is 10.3. The van der Waals surface area contributed by atoms with Gasteiger partial charge in [0.1, 0.15) is 0 Å². The van der Waals surface area contributed by atoms with Crippen LogP contribution in [0.15, 0.2) is 0 Å². The summed E-state index contributed by atoms with van der Waals surface area (Å²) in [5, 5.41) is 0. The van der Waals surface area contributed by atoms with Crippen LogP contribution in [-0.4, -0.2) is 29.0 Å². The van der Waals surface area contributed by atoms with Gasteiger partial charge in [-0.15, -0.1) is 0 Å². The predicted molar refractivity (Wildman–Crippen MR) is 38.0 cm³/mol. The Kier molecular flexibility index (Phi) is 7.16. The van der Waals surface area contributed by atoms with Crippen LogP contribution in [0, 0.1) is 0 Å². The van der Waals surface area contributed by atoms with Crippen LogP contribution >= 0.6 is 0 Å². The molecule has 0 radical (unpaired) electrons. The first-order valence-electron chi connectivity index (χ1n) is 3.09. The predicted octanol–water partition coefficient (Wildman–Crippen LogP) is -0.203. The summed E-state index contributed by atoms with van der Waals surface area (Å²) in [6, 6.07) is 0. The molecule has 0 aliphatic carbocycles. The number of unbranched alkanes of at least 4 members (excludes halogenated alkanes) is 1. The molecular weight excluding hydrogens is 154 g/mol. The van der Waals surface area contributed by atoms with Crippen LogP contribution in [0.2, 0.25) is 0 Å². The van der Waals surface area contributed by atoms with Gasteiger partial charge in [-0.1, -0.05) is 0 Å². The molecule has 0 saturated heterocycles. The minimum absolute atomic E-state index is 0.499. The second-order valence-corrected chi connectivity index (χ2v) is 2.59. The van der Waals surface area contributed by atoms with Gasteiger partial charge in [-0.3, -0.25) is 4.21 Å². The van der Waals surface area contributed by atoms with E-state index in [1.54, 1.807) is 7.11 Å². The minimum atomic E-state index is -2.11. The van der Waals surface area contributed by atoms with E-state index < -0.39 is 11.3 Å². The van der Waals surface area contributed by atoms with Gasteiger partial charge >= 0.3 is 0 Å². The SMILES string of the molecule is COCCCCNS(=O)[O-]. The van der Waals surface area contributed by atoms with E-state index in [1.807, 2.05) is 0 Å². The van der Waals surface area contributed by atoms with Crippen LogP contribution in [0.3, 0.4) is 0 Å². The first-order valence-corrected chi connectivity index (χ1v) is 4.16. The third-order valence-corrected chi connectivity index (χ3v) is 1.43. The number of rotatable bonds is 6. The number of methoxy groups -OCH3 is 1. The maximum atomic E-state index is 9.89. The second kappa shape index (κ2) is 7.14. The lowest BCUT2D eigenvalue weighted by Gasteiger charge is -2.05. The summed E-state index contributed by atoms with van der Waals surface area (Å²) < 4.78 is 26.8. The number of hydrogen-bond acceptors (Lipinski definition) is 3. The molecular formula is C5H12NO3S-. The molecule has 5 heteroatoms. The van der Waals surface area contributed by atoms with Crippen LogP contribution in [0.5, 0.6) is 0 Å². The van der Waals surface area contributed by atoms with E-state index in [2.05, 4.69) is 4.72 Å². The average Bonchev–Trinajstić information content (AvgIpc) is 1.87. The smallest absolute Gasteiger partial charge is 0.0462 e. The highest BCUT2D eigenvalue weighted by Gasteiger charge is 1.86. The second-order valence-electron chi connectivity index (χ2n) is 1.83. The van der Waals surface area contributed by atoms with E-state index in [4.69, 9.17) is 4.74 Å². The molecule has 0 fully saturated rings. The van der Waals surface area contributed by atoms with E-state index in [1.165, 1.54) is 0 Å². The maximum absolute atomic E-state index is 9.89. The zero-order valence-corrected chi connectivity index (χ0v) is 6.78. The zero-order valence-electron chi connectivity index (χ0n) is 5.96. The molecule has 62 valence electrons. The highest BCUT2D eigenvalue weighted by molar-refractivity contribution is 7.77. The van der Waals surface area contributed by atoms with Gasteiger partial charge in [-0.05, 0) is 12.8 Å². The van der Waals surface area contributed by atoms with Gasteiger partial charge < -0.3 is 9.29 Å². The van der Waals surface area contributed by atoms with Crippen molar-refractivity contribution < 1.29 is 13.5 Å². The van der Waals surface area contributed by atoms with Gasteiger partial charge in [0.25, 0.3) is 0 Å². The summed E-state index contributed by atoms with van der Waals surface area (Å²) in [6.07, 6.45) is 1.71. The maximum Gasteiger partial charge on any atom is 0.0462 e. The molecule has 0 bridgehead atoms. The van der Waals surface area contributed by atoms with Crippen LogP contribution < -0.4 is 4.72 Å². The van der Waals surface area contributed by atoms with Gasteiger partial charge in [-0.25, -0.2) is 4.72 Å². The van der Waals surface area contributed by atoms with Crippen molar-refractivity contribution in [3.63, 3.8) is 0 Å². The van der Waals surface area contributed by atoms with Crippen molar-refractivity contribution in [3.05, 3.63) is 0 Å². The lowest BCUT2D eigenvalue weighted by Crippen LogP contribution is -2.17. The van der Waals surface area contributed by atoms with Crippen molar-refractivity contribution in [2.75, 3.05) is 20.3 Å². The Morgan fingerprint density at radius 2 is 2.30 bits per heavy atom. The van der Waals surface area contributed by atoms with Gasteiger partial charge in [0.2, 0.25) is 0 Å². The van der Waals surface area contributed by atoms with Gasteiger partial charge in [0, 0.05) is 31.5 Å². The Balaban J connectivity index is 2.84. The molecule has 0 aromatic carbocycles. The first-order chi connectivity index (χ1) is 4.77. The van der Waals surface area contributed by atoms with E-state index in [0.29, 0.717) is 13.2 Å². The van der Waals surface area contributed by atoms with Gasteiger partial charge in [0.05, 0.1) is 0 Å². The lowest BCUT2D eigenvalue weighted by molar-refractivity contribution is 0.193. The Bertz CT molecular complexity index is 98.9. The third-order valence-electron chi connectivity index (χ3n) is 0.995. The summed E-state index contributed by atoms with van der Waals surface area (Å²) in [5.41, 5.74) is 0. The Morgan fingerprint density at radius 1 is 1.60 bits per heavy atom. The third kappa shape index (κ3) is 8.03. The average molecular weight is 166 g/mol. The number of nitrogens with one attached hydrogen (secondary N) is 1. The molecule has 1 atom stereocenters. The molecule has 1 N–H and O–H groups in total. The van der Waals surface area contributed by atoms with E-state index >= 15 is 0 Å². The van der Waals surface area contributed by atoms with Crippen molar-refractivity contribution in [2.45, 2.75) is 12.8 Å². The Morgan fingerprint density at radius 3 is 2.80 bits per heavy atom. The number of ether oxygens (including phenoxy) is 1. The monoisotopic (exact) mass is 166 g/mol. The molecule has 10 heavy (non-hydrogen) atoms. The molecule has 0 aromatic rings. The zero-order chi connectivity index (χ0) is 7.82. The summed E-state index contributed by atoms with van der Waals surface area (Å²) >= 11 is -2.11. The summed E-state index contributed by atoms with van der Waals surface area (Å²) in [6.45, 7) is 1.19. The largest absolute Gasteiger partial charge is 0.760 e.